The number of anilines is 2. The van der Waals surface area contributed by atoms with Crippen LogP contribution in [0.25, 0.3) is 5.65 Å². The van der Waals surface area contributed by atoms with Crippen LogP contribution >= 0.6 is 0 Å². The van der Waals surface area contributed by atoms with Crippen LogP contribution in [0.3, 0.4) is 0 Å². The van der Waals surface area contributed by atoms with Crippen LogP contribution in [0.4, 0.5) is 11.6 Å². The number of carbonyl (C=O) groups is 1. The van der Waals surface area contributed by atoms with Gasteiger partial charge in [0.1, 0.15) is 5.82 Å². The fourth-order valence-electron chi connectivity index (χ4n) is 3.64. The van der Waals surface area contributed by atoms with E-state index in [1.165, 1.54) is 0 Å². The summed E-state index contributed by atoms with van der Waals surface area (Å²) in [6.07, 6.45) is 3.77. The number of hydrogen-bond donors (Lipinski definition) is 1. The molecule has 2 aliphatic heterocycles. The second kappa shape index (κ2) is 7.25. The fraction of sp³-hybridized carbons (Fsp3) is 0.350. The van der Waals surface area contributed by atoms with Crippen LogP contribution in [0, 0.1) is 6.92 Å². The number of imidazole rings is 1. The Kier molecular flexibility index (Phi) is 4.44. The van der Waals surface area contributed by atoms with Crippen LogP contribution in [-0.4, -0.2) is 53.4 Å². The van der Waals surface area contributed by atoms with Crippen molar-refractivity contribution < 1.29 is 19.0 Å². The fourth-order valence-corrected chi connectivity index (χ4v) is 3.64. The minimum Gasteiger partial charge on any atom is -0.454 e. The molecule has 0 spiro atoms. The van der Waals surface area contributed by atoms with Gasteiger partial charge in [-0.1, -0.05) is 6.07 Å². The van der Waals surface area contributed by atoms with E-state index in [9.17, 15) is 4.79 Å². The van der Waals surface area contributed by atoms with Crippen molar-refractivity contribution in [3.8, 4) is 11.5 Å². The number of aromatic nitrogens is 3. The third-order valence-electron chi connectivity index (χ3n) is 5.07. The Morgan fingerprint density at radius 1 is 1.21 bits per heavy atom. The third kappa shape index (κ3) is 3.33. The van der Waals surface area contributed by atoms with E-state index in [4.69, 9.17) is 14.2 Å². The van der Waals surface area contributed by atoms with Gasteiger partial charge in [-0.3, -0.25) is 9.20 Å². The average Bonchev–Trinajstić information content (AvgIpc) is 3.32. The number of hydrogen-bond acceptors (Lipinski definition) is 7. The summed E-state index contributed by atoms with van der Waals surface area (Å²) in [6.45, 7) is 4.97. The van der Waals surface area contributed by atoms with Crippen LogP contribution in [-0.2, 0) is 16.0 Å². The summed E-state index contributed by atoms with van der Waals surface area (Å²) in [6, 6.07) is 5.53. The van der Waals surface area contributed by atoms with E-state index in [2.05, 4.69) is 20.2 Å². The maximum Gasteiger partial charge on any atom is 0.231 e. The van der Waals surface area contributed by atoms with Crippen LogP contribution in [0.5, 0.6) is 11.5 Å². The minimum atomic E-state index is -0.126. The highest BCUT2D eigenvalue weighted by Crippen LogP contribution is 2.32. The first kappa shape index (κ1) is 17.7. The highest BCUT2D eigenvalue weighted by atomic mass is 16.7. The summed E-state index contributed by atoms with van der Waals surface area (Å²) in [5.74, 6) is 2.70. The Balaban J connectivity index is 1.38. The zero-order valence-electron chi connectivity index (χ0n) is 16.1. The predicted molar refractivity (Wildman–Crippen MR) is 106 cm³/mol. The first-order chi connectivity index (χ1) is 14.2. The zero-order valence-corrected chi connectivity index (χ0v) is 16.1. The smallest absolute Gasteiger partial charge is 0.231 e. The summed E-state index contributed by atoms with van der Waals surface area (Å²) in [7, 11) is 0. The summed E-state index contributed by atoms with van der Waals surface area (Å²) in [5.41, 5.74) is 2.32. The number of ether oxygens (including phenoxy) is 3. The summed E-state index contributed by atoms with van der Waals surface area (Å²) in [4.78, 5) is 24.0. The van der Waals surface area contributed by atoms with Crippen molar-refractivity contribution in [3.63, 3.8) is 0 Å². The topological polar surface area (TPSA) is 90.2 Å². The van der Waals surface area contributed by atoms with Gasteiger partial charge in [0.25, 0.3) is 0 Å². The molecule has 0 bridgehead atoms. The first-order valence-corrected chi connectivity index (χ1v) is 9.54. The molecule has 5 rings (SSSR count). The second-order valence-corrected chi connectivity index (χ2v) is 7.00. The maximum absolute atomic E-state index is 12.7. The lowest BCUT2D eigenvalue weighted by atomic mass is 10.1. The van der Waals surface area contributed by atoms with Crippen LogP contribution in [0.15, 0.2) is 30.6 Å². The molecule has 29 heavy (non-hydrogen) atoms. The van der Waals surface area contributed by atoms with E-state index in [1.807, 2.05) is 35.7 Å². The van der Waals surface area contributed by atoms with Gasteiger partial charge in [-0.05, 0) is 24.6 Å². The van der Waals surface area contributed by atoms with Gasteiger partial charge in [-0.25, -0.2) is 9.97 Å². The number of aryl methyl sites for hydroxylation is 1. The molecule has 9 nitrogen and oxygen atoms in total. The van der Waals surface area contributed by atoms with E-state index in [1.54, 1.807) is 6.20 Å². The summed E-state index contributed by atoms with van der Waals surface area (Å²) in [5, 5.41) is 3.00. The average molecular weight is 395 g/mol. The molecule has 4 heterocycles. The van der Waals surface area contributed by atoms with E-state index in [0.29, 0.717) is 30.5 Å². The number of amides is 1. The number of fused-ring (bicyclic) bond motifs is 2. The second-order valence-electron chi connectivity index (χ2n) is 7.00. The molecule has 1 saturated heterocycles. The molecule has 2 aliphatic rings. The standard InChI is InChI=1S/C20H21N5O4/c1-13-18(23-17(26)11-14-2-3-15-16(10-14)29-12-28-15)25-5-4-21-19(20(25)22-13)24-6-8-27-9-7-24/h2-5,10H,6-9,11-12H2,1H3,(H,23,26). The molecular weight excluding hydrogens is 374 g/mol. The van der Waals surface area contributed by atoms with Gasteiger partial charge in [-0.2, -0.15) is 0 Å². The Labute approximate surface area is 167 Å². The summed E-state index contributed by atoms with van der Waals surface area (Å²) >= 11 is 0. The lowest BCUT2D eigenvalue weighted by Gasteiger charge is -2.27. The van der Waals surface area contributed by atoms with Crippen molar-refractivity contribution in [3.05, 3.63) is 41.9 Å². The van der Waals surface area contributed by atoms with Crippen molar-refractivity contribution in [2.75, 3.05) is 43.3 Å². The lowest BCUT2D eigenvalue weighted by Crippen LogP contribution is -2.37. The molecule has 1 N–H and O–H groups in total. The Bertz CT molecular complexity index is 1070. The van der Waals surface area contributed by atoms with Gasteiger partial charge < -0.3 is 24.4 Å². The first-order valence-electron chi connectivity index (χ1n) is 9.54. The molecule has 9 heteroatoms. The van der Waals surface area contributed by atoms with Crippen molar-refractivity contribution >= 4 is 23.2 Å². The zero-order chi connectivity index (χ0) is 19.8. The van der Waals surface area contributed by atoms with Crippen molar-refractivity contribution in [2.45, 2.75) is 13.3 Å². The number of benzene rings is 1. The molecule has 1 aromatic carbocycles. The molecule has 0 atom stereocenters. The molecule has 150 valence electrons. The summed E-state index contributed by atoms with van der Waals surface area (Å²) < 4.78 is 18.0. The number of morpholine rings is 1. The monoisotopic (exact) mass is 395 g/mol. The minimum absolute atomic E-state index is 0.126. The normalized spacial score (nSPS) is 15.7. The number of carbonyl (C=O) groups excluding carboxylic acids is 1. The van der Waals surface area contributed by atoms with Crippen LogP contribution in [0.1, 0.15) is 11.3 Å². The van der Waals surface area contributed by atoms with Gasteiger partial charge in [0.2, 0.25) is 12.7 Å². The Hall–Kier alpha value is -3.33. The number of rotatable bonds is 4. The Morgan fingerprint density at radius 3 is 2.90 bits per heavy atom. The van der Waals surface area contributed by atoms with Gasteiger partial charge >= 0.3 is 0 Å². The lowest BCUT2D eigenvalue weighted by molar-refractivity contribution is -0.115. The molecule has 0 radical (unpaired) electrons. The molecule has 1 fully saturated rings. The molecular formula is C20H21N5O4. The van der Waals surface area contributed by atoms with Crippen molar-refractivity contribution in [2.24, 2.45) is 0 Å². The molecule has 3 aromatic rings. The molecule has 1 amide bonds. The SMILES string of the molecule is Cc1nc2c(N3CCOCC3)nccn2c1NC(=O)Cc1ccc2c(c1)OCO2. The molecule has 0 unspecified atom stereocenters. The van der Waals surface area contributed by atoms with Crippen LogP contribution < -0.4 is 19.7 Å². The molecule has 0 saturated carbocycles. The van der Waals surface area contributed by atoms with Gasteiger partial charge in [0.05, 0.1) is 25.3 Å². The third-order valence-corrected chi connectivity index (χ3v) is 5.07. The molecule has 2 aromatic heterocycles. The quantitative estimate of drug-likeness (QED) is 0.720. The van der Waals surface area contributed by atoms with E-state index in [0.717, 1.165) is 35.8 Å². The molecule has 0 aliphatic carbocycles. The van der Waals surface area contributed by atoms with Gasteiger partial charge in [-0.15, -0.1) is 0 Å². The van der Waals surface area contributed by atoms with E-state index < -0.39 is 0 Å². The number of nitrogens with one attached hydrogen (secondary N) is 1. The van der Waals surface area contributed by atoms with Gasteiger partial charge in [0.15, 0.2) is 23.0 Å². The van der Waals surface area contributed by atoms with E-state index in [-0.39, 0.29) is 19.1 Å². The van der Waals surface area contributed by atoms with Crippen LogP contribution in [0.2, 0.25) is 0 Å². The maximum atomic E-state index is 12.7. The highest BCUT2D eigenvalue weighted by molar-refractivity contribution is 5.93. The predicted octanol–water partition coefficient (Wildman–Crippen LogP) is 1.78. The Morgan fingerprint density at radius 2 is 2.03 bits per heavy atom. The van der Waals surface area contributed by atoms with Crippen molar-refractivity contribution in [1.82, 2.24) is 14.4 Å². The number of nitrogens with zero attached hydrogens (tertiary/aromatic N) is 4. The largest absolute Gasteiger partial charge is 0.454 e. The van der Waals surface area contributed by atoms with Crippen molar-refractivity contribution in [1.29, 1.82) is 0 Å². The van der Waals surface area contributed by atoms with Gasteiger partial charge in [0, 0.05) is 25.5 Å². The highest BCUT2D eigenvalue weighted by Gasteiger charge is 2.21. The van der Waals surface area contributed by atoms with E-state index >= 15 is 0 Å².